The number of ether oxygens (including phenoxy) is 2. The lowest BCUT2D eigenvalue weighted by Gasteiger charge is -2.26. The van der Waals surface area contributed by atoms with Crippen molar-refractivity contribution in [1.82, 2.24) is 9.97 Å². The molecule has 4 rings (SSSR count). The fourth-order valence-corrected chi connectivity index (χ4v) is 3.98. The van der Waals surface area contributed by atoms with Crippen molar-refractivity contribution in [2.45, 2.75) is 20.5 Å². The highest BCUT2D eigenvalue weighted by Gasteiger charge is 2.19. The Morgan fingerprint density at radius 3 is 2.54 bits per heavy atom. The quantitative estimate of drug-likeness (QED) is 0.278. The van der Waals surface area contributed by atoms with E-state index < -0.39 is 0 Å². The number of aromatic nitrogens is 2. The van der Waals surface area contributed by atoms with Crippen LogP contribution >= 0.6 is 24.0 Å². The summed E-state index contributed by atoms with van der Waals surface area (Å²) in [5.41, 5.74) is 10.2. The van der Waals surface area contributed by atoms with Gasteiger partial charge in [-0.3, -0.25) is 9.97 Å². The summed E-state index contributed by atoms with van der Waals surface area (Å²) >= 11 is 6.57. The molecule has 0 spiro atoms. The van der Waals surface area contributed by atoms with Crippen LogP contribution in [0.5, 0.6) is 11.5 Å². The second kappa shape index (κ2) is 11.6. The molecule has 9 heteroatoms. The zero-order valence-electron chi connectivity index (χ0n) is 19.4. The van der Waals surface area contributed by atoms with Gasteiger partial charge in [-0.25, -0.2) is 0 Å². The van der Waals surface area contributed by atoms with Crippen molar-refractivity contribution in [2.24, 2.45) is 0 Å². The molecule has 4 aromatic rings. The summed E-state index contributed by atoms with van der Waals surface area (Å²) in [5.74, 6) is 1.12. The minimum atomic E-state index is 0. The van der Waals surface area contributed by atoms with Crippen molar-refractivity contribution in [3.63, 3.8) is 0 Å². The molecule has 0 fully saturated rings. The van der Waals surface area contributed by atoms with Gasteiger partial charge in [0.15, 0.2) is 0 Å². The maximum absolute atomic E-state index is 9.83. The minimum Gasteiger partial charge on any atom is -0.492 e. The van der Waals surface area contributed by atoms with E-state index in [-0.39, 0.29) is 12.4 Å². The lowest BCUT2D eigenvalue weighted by Crippen LogP contribution is -2.18. The van der Waals surface area contributed by atoms with Crippen molar-refractivity contribution in [2.75, 3.05) is 23.8 Å². The molecule has 2 heterocycles. The monoisotopic (exact) mass is 509 g/mol. The van der Waals surface area contributed by atoms with E-state index in [1.165, 1.54) is 0 Å². The highest BCUT2D eigenvalue weighted by molar-refractivity contribution is 6.32. The lowest BCUT2D eigenvalue weighted by molar-refractivity contribution is 0.301. The number of anilines is 3. The third-order valence-electron chi connectivity index (χ3n) is 5.31. The van der Waals surface area contributed by atoms with Crippen LogP contribution in [0.1, 0.15) is 25.1 Å². The van der Waals surface area contributed by atoms with Gasteiger partial charge in [0, 0.05) is 36.1 Å². The number of nitrogens with zero attached hydrogens (tertiary/aromatic N) is 4. The molecule has 0 bridgehead atoms. The van der Waals surface area contributed by atoms with E-state index in [1.807, 2.05) is 55.1 Å². The first-order valence-electron chi connectivity index (χ1n) is 10.9. The number of hydrogen-bond donors (Lipinski definition) is 1. The number of pyridine rings is 2. The van der Waals surface area contributed by atoms with Crippen LogP contribution in [0, 0.1) is 11.3 Å². The summed E-state index contributed by atoms with van der Waals surface area (Å²) in [6.07, 6.45) is 3.29. The molecule has 2 N–H and O–H groups in total. The van der Waals surface area contributed by atoms with Crippen LogP contribution in [0.15, 0.2) is 60.9 Å². The first-order chi connectivity index (χ1) is 16.5. The molecule has 7 nitrogen and oxygen atoms in total. The number of nitrogen functional groups attached to an aromatic ring is 1. The van der Waals surface area contributed by atoms with Gasteiger partial charge >= 0.3 is 0 Å². The van der Waals surface area contributed by atoms with Crippen molar-refractivity contribution < 1.29 is 9.47 Å². The molecule has 0 saturated carbocycles. The summed E-state index contributed by atoms with van der Waals surface area (Å²) in [5, 5.41) is 11.0. The van der Waals surface area contributed by atoms with E-state index in [4.69, 9.17) is 26.8 Å². The van der Waals surface area contributed by atoms with Gasteiger partial charge < -0.3 is 20.1 Å². The Labute approximate surface area is 215 Å². The average Bonchev–Trinajstić information content (AvgIpc) is 2.85. The van der Waals surface area contributed by atoms with E-state index in [0.29, 0.717) is 58.7 Å². The number of hydrogen-bond acceptors (Lipinski definition) is 7. The Morgan fingerprint density at radius 1 is 1.06 bits per heavy atom. The van der Waals surface area contributed by atoms with E-state index in [1.54, 1.807) is 24.5 Å². The van der Waals surface area contributed by atoms with E-state index in [0.717, 1.165) is 16.8 Å². The summed E-state index contributed by atoms with van der Waals surface area (Å²) in [4.78, 5) is 10.7. The third-order valence-corrected chi connectivity index (χ3v) is 5.60. The maximum Gasteiger partial charge on any atom is 0.144 e. The molecule has 2 aromatic heterocycles. The number of rotatable bonds is 8. The molecule has 180 valence electrons. The first-order valence-corrected chi connectivity index (χ1v) is 11.3. The van der Waals surface area contributed by atoms with Gasteiger partial charge in [-0.05, 0) is 50.2 Å². The molecule has 0 aliphatic heterocycles. The molecule has 0 unspecified atom stereocenters. The van der Waals surface area contributed by atoms with Crippen molar-refractivity contribution in [3.8, 4) is 17.6 Å². The molecular weight excluding hydrogens is 485 g/mol. The fourth-order valence-electron chi connectivity index (χ4n) is 3.76. The standard InChI is InChI=1S/C26H24ClN5O2.ClH/c1-3-32(19-8-9-24(21(27)11-19)34-16-18-7-5-6-10-30-18)26-17(14-28)15-31-23-13-25(33-4-2)22(29)12-20(23)26;/h5-13,15H,3-4,16,29H2,1-2H3;1H. The van der Waals surface area contributed by atoms with Gasteiger partial charge in [-0.2, -0.15) is 5.26 Å². The van der Waals surface area contributed by atoms with Gasteiger partial charge in [-0.1, -0.05) is 17.7 Å². The highest BCUT2D eigenvalue weighted by Crippen LogP contribution is 2.40. The largest absolute Gasteiger partial charge is 0.492 e. The van der Waals surface area contributed by atoms with Gasteiger partial charge in [-0.15, -0.1) is 12.4 Å². The molecule has 35 heavy (non-hydrogen) atoms. The smallest absolute Gasteiger partial charge is 0.144 e. The van der Waals surface area contributed by atoms with E-state index in [9.17, 15) is 5.26 Å². The number of nitrogens with two attached hydrogens (primary N) is 1. The predicted molar refractivity (Wildman–Crippen MR) is 142 cm³/mol. The Balaban J connectivity index is 0.00000342. The van der Waals surface area contributed by atoms with Gasteiger partial charge in [0.05, 0.1) is 39.8 Å². The SMILES string of the molecule is CCOc1cc2ncc(C#N)c(N(CC)c3ccc(OCc4ccccn4)c(Cl)c3)c2cc1N.Cl. The fraction of sp³-hybridized carbons (Fsp3) is 0.192. The van der Waals surface area contributed by atoms with E-state index in [2.05, 4.69) is 16.0 Å². The first kappa shape index (κ1) is 25.9. The summed E-state index contributed by atoms with van der Waals surface area (Å²) in [6, 6.07) is 17.1. The molecule has 2 aromatic carbocycles. The maximum atomic E-state index is 9.83. The molecule has 0 aliphatic rings. The molecule has 0 atom stereocenters. The van der Waals surface area contributed by atoms with E-state index >= 15 is 0 Å². The van der Waals surface area contributed by atoms with Crippen LogP contribution < -0.4 is 20.1 Å². The van der Waals surface area contributed by atoms with Gasteiger partial charge in [0.1, 0.15) is 24.2 Å². The molecule has 0 saturated heterocycles. The van der Waals surface area contributed by atoms with Gasteiger partial charge in [0.25, 0.3) is 0 Å². The normalized spacial score (nSPS) is 10.3. The second-order valence-corrected chi connectivity index (χ2v) is 7.85. The average molecular weight is 510 g/mol. The van der Waals surface area contributed by atoms with Crippen LogP contribution in [0.3, 0.4) is 0 Å². The third kappa shape index (κ3) is 5.51. The zero-order valence-corrected chi connectivity index (χ0v) is 20.9. The van der Waals surface area contributed by atoms with Crippen molar-refractivity contribution >= 4 is 52.0 Å². The summed E-state index contributed by atoms with van der Waals surface area (Å²) < 4.78 is 11.5. The highest BCUT2D eigenvalue weighted by atomic mass is 35.5. The summed E-state index contributed by atoms with van der Waals surface area (Å²) in [7, 11) is 0. The van der Waals surface area contributed by atoms with Crippen molar-refractivity contribution in [1.29, 1.82) is 5.26 Å². The molecule has 0 amide bonds. The van der Waals surface area contributed by atoms with Crippen LogP contribution in [0.4, 0.5) is 17.1 Å². The molecule has 0 radical (unpaired) electrons. The molecule has 0 aliphatic carbocycles. The Bertz CT molecular complexity index is 1360. The van der Waals surface area contributed by atoms with Crippen LogP contribution in [-0.2, 0) is 6.61 Å². The minimum absolute atomic E-state index is 0. The Morgan fingerprint density at radius 2 is 1.89 bits per heavy atom. The molecular formula is C26H25Cl2N5O2. The van der Waals surface area contributed by atoms with Crippen LogP contribution in [0.25, 0.3) is 10.9 Å². The predicted octanol–water partition coefficient (Wildman–Crippen LogP) is 6.29. The van der Waals surface area contributed by atoms with Crippen molar-refractivity contribution in [3.05, 3.63) is 77.2 Å². The van der Waals surface area contributed by atoms with Crippen LogP contribution in [0.2, 0.25) is 5.02 Å². The number of nitriles is 1. The Kier molecular flexibility index (Phi) is 8.58. The second-order valence-electron chi connectivity index (χ2n) is 7.44. The number of halogens is 2. The number of benzene rings is 2. The van der Waals surface area contributed by atoms with Crippen LogP contribution in [-0.4, -0.2) is 23.1 Å². The lowest BCUT2D eigenvalue weighted by atomic mass is 10.1. The topological polar surface area (TPSA) is 97.3 Å². The zero-order chi connectivity index (χ0) is 24.1. The number of fused-ring (bicyclic) bond motifs is 1. The summed E-state index contributed by atoms with van der Waals surface area (Å²) in [6.45, 7) is 5.29. The Hall–Kier alpha value is -3.73. The van der Waals surface area contributed by atoms with Gasteiger partial charge in [0.2, 0.25) is 0 Å².